The zero-order valence-corrected chi connectivity index (χ0v) is 22.6. The normalized spacial score (nSPS) is 19.2. The van der Waals surface area contributed by atoms with Crippen LogP contribution in [0.5, 0.6) is 0 Å². The van der Waals surface area contributed by atoms with Gasteiger partial charge in [-0.3, -0.25) is 19.1 Å². The minimum absolute atomic E-state index is 0.0814. The number of hydrogen-bond acceptors (Lipinski definition) is 7. The number of nitrogens with zero attached hydrogens (tertiary/aromatic N) is 3. The third-order valence-electron chi connectivity index (χ3n) is 7.08. The van der Waals surface area contributed by atoms with E-state index >= 15 is 0 Å². The van der Waals surface area contributed by atoms with Crippen molar-refractivity contribution >= 4 is 11.8 Å². The largest absolute Gasteiger partial charge is 0.459 e. The molecule has 0 saturated carbocycles. The molecule has 39 heavy (non-hydrogen) atoms. The van der Waals surface area contributed by atoms with Gasteiger partial charge in [-0.1, -0.05) is 18.2 Å². The minimum atomic E-state index is -0.759. The van der Waals surface area contributed by atoms with Crippen molar-refractivity contribution in [3.8, 4) is 5.69 Å². The number of likely N-dealkylation sites (tertiary alicyclic amines) is 1. The Hall–Kier alpha value is -3.41. The SMILES string of the molecule is Cc1c([C@@H]2C=C(C(=O)NCCCN3CCCC3=O)O[C@H](OCCOCCO)C2)c(=O)n(-c2ccccc2)n1C. The molecule has 1 aromatic heterocycles. The zero-order valence-electron chi connectivity index (χ0n) is 22.6. The standard InChI is InChI=1S/C28H38N4O7/c1-20-26(28(36)32(30(20)2)22-8-4-3-5-9-22)21-18-23(39-25(19-21)38-17-16-37-15-14-33)27(35)29-11-7-13-31-12-6-10-24(31)34/h3-5,8-9,18,21,25,33H,6-7,10-17,19H2,1-2H3,(H,29,35)/t21-,25+/m1/s1. The molecule has 2 aromatic rings. The van der Waals surface area contributed by atoms with E-state index in [2.05, 4.69) is 5.32 Å². The molecule has 2 amide bonds. The van der Waals surface area contributed by atoms with Crippen molar-refractivity contribution in [1.29, 1.82) is 0 Å². The molecular weight excluding hydrogens is 504 g/mol. The van der Waals surface area contributed by atoms with Crippen LogP contribution >= 0.6 is 0 Å². The minimum Gasteiger partial charge on any atom is -0.459 e. The number of carbonyl (C=O) groups is 2. The third kappa shape index (κ3) is 6.97. The first-order valence-electron chi connectivity index (χ1n) is 13.5. The van der Waals surface area contributed by atoms with Crippen molar-refractivity contribution < 1.29 is 28.9 Å². The molecule has 0 unspecified atom stereocenters. The fourth-order valence-electron chi connectivity index (χ4n) is 5.04. The lowest BCUT2D eigenvalue weighted by Gasteiger charge is -2.29. The van der Waals surface area contributed by atoms with Gasteiger partial charge in [-0.05, 0) is 38.0 Å². The van der Waals surface area contributed by atoms with E-state index in [1.807, 2.05) is 53.9 Å². The van der Waals surface area contributed by atoms with E-state index in [-0.39, 0.29) is 43.7 Å². The predicted molar refractivity (Wildman–Crippen MR) is 143 cm³/mol. The van der Waals surface area contributed by atoms with Gasteiger partial charge in [0.2, 0.25) is 12.2 Å². The molecule has 212 valence electrons. The molecule has 1 fully saturated rings. The molecule has 4 rings (SSSR count). The van der Waals surface area contributed by atoms with Gasteiger partial charge >= 0.3 is 0 Å². The molecule has 0 spiro atoms. The van der Waals surface area contributed by atoms with Crippen LogP contribution in [0, 0.1) is 6.92 Å². The highest BCUT2D eigenvalue weighted by Gasteiger charge is 2.33. The van der Waals surface area contributed by atoms with Gasteiger partial charge in [-0.25, -0.2) is 4.68 Å². The molecule has 0 radical (unpaired) electrons. The lowest BCUT2D eigenvalue weighted by molar-refractivity contribution is -0.151. The van der Waals surface area contributed by atoms with Crippen LogP contribution in [-0.2, 0) is 30.8 Å². The average molecular weight is 543 g/mol. The van der Waals surface area contributed by atoms with Gasteiger partial charge in [0.25, 0.3) is 11.5 Å². The van der Waals surface area contributed by atoms with Gasteiger partial charge in [0.05, 0.1) is 32.1 Å². The molecule has 2 aliphatic rings. The second-order valence-corrected chi connectivity index (χ2v) is 9.70. The Bertz CT molecular complexity index is 1220. The topological polar surface area (TPSA) is 124 Å². The summed E-state index contributed by atoms with van der Waals surface area (Å²) in [6.07, 6.45) is 3.39. The number of hydrogen-bond donors (Lipinski definition) is 2. The fraction of sp³-hybridized carbons (Fsp3) is 0.536. The summed E-state index contributed by atoms with van der Waals surface area (Å²) in [6.45, 7) is 4.23. The van der Waals surface area contributed by atoms with Crippen LogP contribution in [0.25, 0.3) is 5.69 Å². The highest BCUT2D eigenvalue weighted by molar-refractivity contribution is 5.91. The number of amides is 2. The van der Waals surface area contributed by atoms with E-state index in [4.69, 9.17) is 19.3 Å². The quantitative estimate of drug-likeness (QED) is 0.366. The Kier molecular flexibility index (Phi) is 9.96. The van der Waals surface area contributed by atoms with Crippen molar-refractivity contribution in [1.82, 2.24) is 19.6 Å². The highest BCUT2D eigenvalue weighted by Crippen LogP contribution is 2.32. The van der Waals surface area contributed by atoms with E-state index in [1.54, 1.807) is 10.8 Å². The number of carbonyl (C=O) groups excluding carboxylic acids is 2. The number of aliphatic hydroxyl groups excluding tert-OH is 1. The van der Waals surface area contributed by atoms with Crippen LogP contribution in [0.2, 0.25) is 0 Å². The van der Waals surface area contributed by atoms with Gasteiger partial charge < -0.3 is 29.5 Å². The van der Waals surface area contributed by atoms with Gasteiger partial charge in [0, 0.05) is 56.7 Å². The summed E-state index contributed by atoms with van der Waals surface area (Å²) < 4.78 is 20.5. The fourth-order valence-corrected chi connectivity index (χ4v) is 5.04. The maximum Gasteiger partial charge on any atom is 0.286 e. The summed E-state index contributed by atoms with van der Waals surface area (Å²) in [5, 5.41) is 11.8. The number of aromatic nitrogens is 2. The number of aliphatic hydroxyl groups is 1. The van der Waals surface area contributed by atoms with Gasteiger partial charge in [-0.2, -0.15) is 0 Å². The molecule has 2 N–H and O–H groups in total. The molecular formula is C28H38N4O7. The van der Waals surface area contributed by atoms with Crippen LogP contribution in [-0.4, -0.2) is 83.5 Å². The van der Waals surface area contributed by atoms with Crippen molar-refractivity contribution in [3.05, 3.63) is 63.8 Å². The smallest absolute Gasteiger partial charge is 0.286 e. The first-order valence-corrected chi connectivity index (χ1v) is 13.5. The molecule has 2 aliphatic heterocycles. The first kappa shape index (κ1) is 28.6. The van der Waals surface area contributed by atoms with Gasteiger partial charge in [0.15, 0.2) is 5.76 Å². The summed E-state index contributed by atoms with van der Waals surface area (Å²) in [7, 11) is 1.83. The number of para-hydroxylation sites is 1. The number of ether oxygens (including phenoxy) is 3. The van der Waals surface area contributed by atoms with Crippen LogP contribution in [0.4, 0.5) is 0 Å². The van der Waals surface area contributed by atoms with Gasteiger partial charge in [0.1, 0.15) is 0 Å². The third-order valence-corrected chi connectivity index (χ3v) is 7.08. The van der Waals surface area contributed by atoms with E-state index in [1.165, 1.54) is 0 Å². The number of nitrogens with one attached hydrogen (secondary N) is 1. The number of benzene rings is 1. The summed E-state index contributed by atoms with van der Waals surface area (Å²) in [5.74, 6) is -0.549. The van der Waals surface area contributed by atoms with Crippen molar-refractivity contribution in [2.75, 3.05) is 46.1 Å². The van der Waals surface area contributed by atoms with Crippen molar-refractivity contribution in [3.63, 3.8) is 0 Å². The first-order chi connectivity index (χ1) is 18.9. The van der Waals surface area contributed by atoms with Crippen LogP contribution in [0.3, 0.4) is 0 Å². The van der Waals surface area contributed by atoms with E-state index in [0.717, 1.165) is 24.3 Å². The summed E-state index contributed by atoms with van der Waals surface area (Å²) in [4.78, 5) is 40.4. The second kappa shape index (κ2) is 13.6. The molecule has 11 nitrogen and oxygen atoms in total. The molecule has 0 aliphatic carbocycles. The van der Waals surface area contributed by atoms with E-state index in [9.17, 15) is 14.4 Å². The highest BCUT2D eigenvalue weighted by atomic mass is 16.7. The summed E-state index contributed by atoms with van der Waals surface area (Å²) >= 11 is 0. The lowest BCUT2D eigenvalue weighted by atomic mass is 9.93. The van der Waals surface area contributed by atoms with Crippen LogP contribution in [0.1, 0.15) is 42.9 Å². The maximum atomic E-state index is 13.6. The van der Waals surface area contributed by atoms with Crippen molar-refractivity contribution in [2.24, 2.45) is 7.05 Å². The predicted octanol–water partition coefficient (Wildman–Crippen LogP) is 1.35. The second-order valence-electron chi connectivity index (χ2n) is 9.70. The molecule has 11 heteroatoms. The Morgan fingerprint density at radius 2 is 1.97 bits per heavy atom. The number of allylic oxidation sites excluding steroid dienone is 1. The maximum absolute atomic E-state index is 13.6. The van der Waals surface area contributed by atoms with Crippen molar-refractivity contribution in [2.45, 2.75) is 44.8 Å². The summed E-state index contributed by atoms with van der Waals surface area (Å²) in [5.41, 5.74) is 1.95. The van der Waals surface area contributed by atoms with E-state index in [0.29, 0.717) is 37.9 Å². The number of rotatable bonds is 13. The van der Waals surface area contributed by atoms with Gasteiger partial charge in [-0.15, -0.1) is 0 Å². The average Bonchev–Trinajstić information content (AvgIpc) is 3.45. The van der Waals surface area contributed by atoms with Crippen LogP contribution < -0.4 is 10.9 Å². The Morgan fingerprint density at radius 3 is 2.69 bits per heavy atom. The van der Waals surface area contributed by atoms with E-state index < -0.39 is 18.1 Å². The molecule has 3 heterocycles. The molecule has 1 saturated heterocycles. The molecule has 2 atom stereocenters. The Balaban J connectivity index is 1.50. The summed E-state index contributed by atoms with van der Waals surface area (Å²) in [6, 6.07) is 9.40. The Labute approximate surface area is 227 Å². The zero-order chi connectivity index (χ0) is 27.8. The van der Waals surface area contributed by atoms with Crippen LogP contribution in [0.15, 0.2) is 47.0 Å². The lowest BCUT2D eigenvalue weighted by Crippen LogP contribution is -2.35. The Morgan fingerprint density at radius 1 is 1.18 bits per heavy atom. The monoisotopic (exact) mass is 542 g/mol. The molecule has 1 aromatic carbocycles. The molecule has 0 bridgehead atoms.